The molecule has 0 aromatic heterocycles. The Morgan fingerprint density at radius 1 is 1.58 bits per heavy atom. The Balaban J connectivity index is 2.05. The quantitative estimate of drug-likeness (QED) is 0.593. The van der Waals surface area contributed by atoms with Gasteiger partial charge in [0.15, 0.2) is 0 Å². The van der Waals surface area contributed by atoms with E-state index in [9.17, 15) is 4.79 Å². The van der Waals surface area contributed by atoms with E-state index in [1.165, 1.54) is 0 Å². The van der Waals surface area contributed by atoms with Gasteiger partial charge in [0.25, 0.3) is 0 Å². The molecule has 12 heavy (non-hydrogen) atoms. The van der Waals surface area contributed by atoms with Crippen LogP contribution in [0.2, 0.25) is 0 Å². The van der Waals surface area contributed by atoms with E-state index in [0.29, 0.717) is 6.54 Å². The molecule has 0 radical (unpaired) electrons. The SMILES string of the molecule is CNC(=O)CNCC1(C)COC1. The minimum absolute atomic E-state index is 0.0267. The van der Waals surface area contributed by atoms with Crippen molar-refractivity contribution in [2.45, 2.75) is 6.92 Å². The fourth-order valence-corrected chi connectivity index (χ4v) is 1.12. The van der Waals surface area contributed by atoms with Gasteiger partial charge in [-0.25, -0.2) is 0 Å². The standard InChI is InChI=1S/C8H16N2O2/c1-8(5-12-6-8)4-10-3-7(11)9-2/h10H,3-6H2,1-2H3,(H,9,11). The minimum atomic E-state index is 0.0267. The van der Waals surface area contributed by atoms with Gasteiger partial charge >= 0.3 is 0 Å². The highest BCUT2D eigenvalue weighted by Gasteiger charge is 2.32. The zero-order valence-corrected chi connectivity index (χ0v) is 7.64. The van der Waals surface area contributed by atoms with Crippen molar-refractivity contribution < 1.29 is 9.53 Å². The number of carbonyl (C=O) groups excluding carboxylic acids is 1. The van der Waals surface area contributed by atoms with Crippen LogP contribution >= 0.6 is 0 Å². The number of carbonyl (C=O) groups is 1. The molecule has 2 N–H and O–H groups in total. The first-order chi connectivity index (χ1) is 5.66. The van der Waals surface area contributed by atoms with Crippen LogP contribution in [-0.2, 0) is 9.53 Å². The molecule has 0 spiro atoms. The Morgan fingerprint density at radius 2 is 2.25 bits per heavy atom. The first kappa shape index (κ1) is 9.48. The number of hydrogen-bond acceptors (Lipinski definition) is 3. The van der Waals surface area contributed by atoms with Crippen molar-refractivity contribution in [3.8, 4) is 0 Å². The van der Waals surface area contributed by atoms with E-state index in [2.05, 4.69) is 17.6 Å². The van der Waals surface area contributed by atoms with E-state index >= 15 is 0 Å². The summed E-state index contributed by atoms with van der Waals surface area (Å²) in [7, 11) is 1.64. The third kappa shape index (κ3) is 2.46. The average Bonchev–Trinajstić information content (AvgIpc) is 2.01. The van der Waals surface area contributed by atoms with Crippen LogP contribution in [0.15, 0.2) is 0 Å². The summed E-state index contributed by atoms with van der Waals surface area (Å²) >= 11 is 0. The van der Waals surface area contributed by atoms with Gasteiger partial charge in [-0.1, -0.05) is 6.92 Å². The Labute approximate surface area is 72.7 Å². The molecule has 0 bridgehead atoms. The first-order valence-electron chi connectivity index (χ1n) is 4.15. The summed E-state index contributed by atoms with van der Waals surface area (Å²) in [5.74, 6) is 0.0267. The predicted molar refractivity (Wildman–Crippen MR) is 45.9 cm³/mol. The summed E-state index contributed by atoms with van der Waals surface area (Å²) in [6.45, 7) is 4.99. The lowest BCUT2D eigenvalue weighted by atomic mass is 9.89. The van der Waals surface area contributed by atoms with Crippen LogP contribution in [0.4, 0.5) is 0 Å². The minimum Gasteiger partial charge on any atom is -0.380 e. The third-order valence-corrected chi connectivity index (χ3v) is 2.02. The molecule has 0 aliphatic carbocycles. The maximum absolute atomic E-state index is 10.8. The van der Waals surface area contributed by atoms with Crippen LogP contribution in [0.5, 0.6) is 0 Å². The lowest BCUT2D eigenvalue weighted by Gasteiger charge is -2.38. The summed E-state index contributed by atoms with van der Waals surface area (Å²) in [6, 6.07) is 0. The van der Waals surface area contributed by atoms with Gasteiger partial charge in [-0.2, -0.15) is 0 Å². The van der Waals surface area contributed by atoms with Gasteiger partial charge in [-0.3, -0.25) is 4.79 Å². The molecule has 1 saturated heterocycles. The van der Waals surface area contributed by atoms with Crippen molar-refractivity contribution in [3.05, 3.63) is 0 Å². The smallest absolute Gasteiger partial charge is 0.233 e. The van der Waals surface area contributed by atoms with E-state index in [4.69, 9.17) is 4.74 Å². The number of rotatable bonds is 4. The molecule has 1 heterocycles. The molecule has 1 rings (SSSR count). The highest BCUT2D eigenvalue weighted by Crippen LogP contribution is 2.24. The zero-order valence-electron chi connectivity index (χ0n) is 7.64. The van der Waals surface area contributed by atoms with Crippen molar-refractivity contribution in [1.29, 1.82) is 0 Å². The Morgan fingerprint density at radius 3 is 2.67 bits per heavy atom. The maximum atomic E-state index is 10.8. The van der Waals surface area contributed by atoms with Crippen molar-refractivity contribution in [2.24, 2.45) is 5.41 Å². The molecule has 1 aliphatic rings. The van der Waals surface area contributed by atoms with E-state index in [1.807, 2.05) is 0 Å². The molecule has 4 heteroatoms. The lowest BCUT2D eigenvalue weighted by Crippen LogP contribution is -2.48. The fraction of sp³-hybridized carbons (Fsp3) is 0.875. The molecular formula is C8H16N2O2. The normalized spacial score (nSPS) is 19.8. The summed E-state index contributed by atoms with van der Waals surface area (Å²) in [4.78, 5) is 10.8. The molecule has 70 valence electrons. The van der Waals surface area contributed by atoms with Gasteiger partial charge < -0.3 is 15.4 Å². The van der Waals surface area contributed by atoms with E-state index in [0.717, 1.165) is 19.8 Å². The van der Waals surface area contributed by atoms with Gasteiger partial charge in [0.05, 0.1) is 19.8 Å². The van der Waals surface area contributed by atoms with E-state index in [1.54, 1.807) is 7.05 Å². The van der Waals surface area contributed by atoms with Crippen LogP contribution in [0.25, 0.3) is 0 Å². The number of ether oxygens (including phenoxy) is 1. The topological polar surface area (TPSA) is 50.4 Å². The van der Waals surface area contributed by atoms with E-state index < -0.39 is 0 Å². The fourth-order valence-electron chi connectivity index (χ4n) is 1.12. The third-order valence-electron chi connectivity index (χ3n) is 2.02. The molecule has 0 atom stereocenters. The van der Waals surface area contributed by atoms with Crippen LogP contribution in [-0.4, -0.2) is 39.3 Å². The first-order valence-corrected chi connectivity index (χ1v) is 4.15. The van der Waals surface area contributed by atoms with Crippen LogP contribution in [0.1, 0.15) is 6.92 Å². The second-order valence-corrected chi connectivity index (χ2v) is 3.58. The molecule has 0 aromatic carbocycles. The molecule has 1 fully saturated rings. The largest absolute Gasteiger partial charge is 0.380 e. The van der Waals surface area contributed by atoms with Crippen LogP contribution < -0.4 is 10.6 Å². The Hall–Kier alpha value is -0.610. The zero-order chi connectivity index (χ0) is 9.03. The monoisotopic (exact) mass is 172 g/mol. The van der Waals surface area contributed by atoms with Crippen molar-refractivity contribution in [1.82, 2.24) is 10.6 Å². The Bertz CT molecular complexity index is 166. The van der Waals surface area contributed by atoms with Gasteiger partial charge in [0.2, 0.25) is 5.91 Å². The maximum Gasteiger partial charge on any atom is 0.233 e. The molecule has 4 nitrogen and oxygen atoms in total. The molecule has 1 amide bonds. The molecule has 1 aliphatic heterocycles. The lowest BCUT2D eigenvalue weighted by molar-refractivity contribution is -0.121. The van der Waals surface area contributed by atoms with Crippen LogP contribution in [0, 0.1) is 5.41 Å². The molecular weight excluding hydrogens is 156 g/mol. The summed E-state index contributed by atoms with van der Waals surface area (Å²) < 4.78 is 5.08. The second kappa shape index (κ2) is 3.87. The van der Waals surface area contributed by atoms with E-state index in [-0.39, 0.29) is 11.3 Å². The number of likely N-dealkylation sites (N-methyl/N-ethyl adjacent to an activating group) is 1. The summed E-state index contributed by atoms with van der Waals surface area (Å²) in [5, 5.41) is 5.64. The highest BCUT2D eigenvalue weighted by atomic mass is 16.5. The van der Waals surface area contributed by atoms with Crippen LogP contribution in [0.3, 0.4) is 0 Å². The number of nitrogens with one attached hydrogen (secondary N) is 2. The Kier molecular flexibility index (Phi) is 3.05. The molecule has 0 unspecified atom stereocenters. The average molecular weight is 172 g/mol. The number of hydrogen-bond donors (Lipinski definition) is 2. The predicted octanol–water partition coefficient (Wildman–Crippen LogP) is -0.642. The molecule has 0 saturated carbocycles. The van der Waals surface area contributed by atoms with Crippen molar-refractivity contribution in [2.75, 3.05) is 33.4 Å². The van der Waals surface area contributed by atoms with Gasteiger partial charge in [-0.05, 0) is 0 Å². The highest BCUT2D eigenvalue weighted by molar-refractivity contribution is 5.77. The van der Waals surface area contributed by atoms with Crippen molar-refractivity contribution in [3.63, 3.8) is 0 Å². The molecule has 0 aromatic rings. The second-order valence-electron chi connectivity index (χ2n) is 3.58. The number of amides is 1. The van der Waals surface area contributed by atoms with Crippen molar-refractivity contribution >= 4 is 5.91 Å². The summed E-state index contributed by atoms with van der Waals surface area (Å²) in [6.07, 6.45) is 0. The van der Waals surface area contributed by atoms with Gasteiger partial charge in [0, 0.05) is 19.0 Å². The summed E-state index contributed by atoms with van der Waals surface area (Å²) in [5.41, 5.74) is 0.244. The van der Waals surface area contributed by atoms with Gasteiger partial charge in [-0.15, -0.1) is 0 Å². The van der Waals surface area contributed by atoms with Gasteiger partial charge in [0.1, 0.15) is 0 Å².